The molecule has 2 rings (SSSR count). The van der Waals surface area contributed by atoms with Crippen LogP contribution in [-0.2, 0) is 0 Å². The fraction of sp³-hybridized carbons (Fsp3) is 0.933. The highest BCUT2D eigenvalue weighted by Gasteiger charge is 2.15. The predicted molar refractivity (Wildman–Crippen MR) is 85.3 cm³/mol. The van der Waals surface area contributed by atoms with Crippen LogP contribution in [0.5, 0.6) is 0 Å². The maximum atomic E-state index is 4.38. The van der Waals surface area contributed by atoms with Gasteiger partial charge in [-0.15, -0.1) is 0 Å². The molecule has 0 unspecified atom stereocenters. The first-order valence-electron chi connectivity index (χ1n) is 8.16. The summed E-state index contributed by atoms with van der Waals surface area (Å²) in [5.74, 6) is 1.10. The Labute approximate surface area is 124 Å². The zero-order chi connectivity index (χ0) is 14.2. The molecule has 2 saturated heterocycles. The number of rotatable bonds is 5. The molecule has 5 nitrogen and oxygen atoms in total. The number of guanidine groups is 1. The number of hydrogen-bond acceptors (Lipinski definition) is 3. The fourth-order valence-corrected chi connectivity index (χ4v) is 2.99. The maximum absolute atomic E-state index is 4.38. The zero-order valence-corrected chi connectivity index (χ0v) is 13.3. The summed E-state index contributed by atoms with van der Waals surface area (Å²) < 4.78 is 0. The van der Waals surface area contributed by atoms with Crippen LogP contribution in [0.3, 0.4) is 0 Å². The van der Waals surface area contributed by atoms with Gasteiger partial charge >= 0.3 is 0 Å². The van der Waals surface area contributed by atoms with E-state index in [4.69, 9.17) is 0 Å². The Bertz CT molecular complexity index is 291. The molecule has 0 aliphatic carbocycles. The summed E-state index contributed by atoms with van der Waals surface area (Å²) in [4.78, 5) is 11.8. The predicted octanol–water partition coefficient (Wildman–Crippen LogP) is 0.685. The summed E-state index contributed by atoms with van der Waals surface area (Å²) in [6.45, 7) is 9.55. The number of likely N-dealkylation sites (N-methyl/N-ethyl adjacent to an activating group) is 1. The third-order valence-corrected chi connectivity index (χ3v) is 4.40. The number of unbranched alkanes of at least 4 members (excludes halogenated alkanes) is 1. The van der Waals surface area contributed by atoms with Crippen molar-refractivity contribution in [2.75, 3.05) is 66.5 Å². The molecule has 2 aliphatic rings. The van der Waals surface area contributed by atoms with Crippen molar-refractivity contribution in [2.45, 2.75) is 25.7 Å². The highest BCUT2D eigenvalue weighted by Crippen LogP contribution is 2.07. The topological polar surface area (TPSA) is 34.1 Å². The van der Waals surface area contributed by atoms with Crippen LogP contribution in [0.4, 0.5) is 0 Å². The molecule has 20 heavy (non-hydrogen) atoms. The third kappa shape index (κ3) is 4.94. The monoisotopic (exact) mass is 281 g/mol. The van der Waals surface area contributed by atoms with E-state index in [1.807, 2.05) is 7.05 Å². The van der Waals surface area contributed by atoms with Crippen LogP contribution < -0.4 is 5.32 Å². The number of aliphatic imine (C=N–C) groups is 1. The second kappa shape index (κ2) is 8.47. The highest BCUT2D eigenvalue weighted by molar-refractivity contribution is 5.80. The van der Waals surface area contributed by atoms with Crippen molar-refractivity contribution in [2.24, 2.45) is 4.99 Å². The Morgan fingerprint density at radius 2 is 1.70 bits per heavy atom. The Balaban J connectivity index is 1.52. The molecule has 2 fully saturated rings. The minimum absolute atomic E-state index is 1.05. The van der Waals surface area contributed by atoms with Crippen molar-refractivity contribution < 1.29 is 0 Å². The van der Waals surface area contributed by atoms with Crippen molar-refractivity contribution in [1.82, 2.24) is 20.0 Å². The van der Waals surface area contributed by atoms with E-state index in [0.29, 0.717) is 0 Å². The van der Waals surface area contributed by atoms with Crippen LogP contribution in [0.2, 0.25) is 0 Å². The summed E-state index contributed by atoms with van der Waals surface area (Å²) in [6, 6.07) is 0. The van der Waals surface area contributed by atoms with E-state index in [1.165, 1.54) is 71.5 Å². The lowest BCUT2D eigenvalue weighted by atomic mass is 10.2. The molecular formula is C15H31N5. The van der Waals surface area contributed by atoms with Gasteiger partial charge in [0.2, 0.25) is 0 Å². The van der Waals surface area contributed by atoms with Gasteiger partial charge in [-0.2, -0.15) is 0 Å². The first-order chi connectivity index (χ1) is 9.79. The van der Waals surface area contributed by atoms with Crippen LogP contribution >= 0.6 is 0 Å². The average molecular weight is 281 g/mol. The Kier molecular flexibility index (Phi) is 6.60. The van der Waals surface area contributed by atoms with Gasteiger partial charge in [0.05, 0.1) is 0 Å². The molecule has 0 aromatic carbocycles. The van der Waals surface area contributed by atoms with Crippen LogP contribution in [0.1, 0.15) is 25.7 Å². The molecule has 0 aromatic heterocycles. The molecule has 2 heterocycles. The second-order valence-corrected chi connectivity index (χ2v) is 6.02. The maximum Gasteiger partial charge on any atom is 0.193 e. The van der Waals surface area contributed by atoms with E-state index in [9.17, 15) is 0 Å². The number of nitrogens with zero attached hydrogens (tertiary/aromatic N) is 4. The summed E-state index contributed by atoms with van der Waals surface area (Å²) in [5, 5.41) is 3.51. The molecule has 5 heteroatoms. The van der Waals surface area contributed by atoms with Gasteiger partial charge in [-0.25, -0.2) is 0 Å². The van der Waals surface area contributed by atoms with Gasteiger partial charge in [-0.1, -0.05) is 0 Å². The van der Waals surface area contributed by atoms with Gasteiger partial charge in [0.15, 0.2) is 5.96 Å². The summed E-state index contributed by atoms with van der Waals surface area (Å²) in [6.07, 6.45) is 5.14. The van der Waals surface area contributed by atoms with Crippen LogP contribution in [0.25, 0.3) is 0 Å². The summed E-state index contributed by atoms with van der Waals surface area (Å²) >= 11 is 0. The minimum Gasteiger partial charge on any atom is -0.356 e. The number of nitrogens with one attached hydrogen (secondary N) is 1. The van der Waals surface area contributed by atoms with Crippen molar-refractivity contribution >= 4 is 5.96 Å². The quantitative estimate of drug-likeness (QED) is 0.457. The molecule has 116 valence electrons. The molecule has 1 N–H and O–H groups in total. The highest BCUT2D eigenvalue weighted by atomic mass is 15.3. The molecule has 0 atom stereocenters. The third-order valence-electron chi connectivity index (χ3n) is 4.40. The lowest BCUT2D eigenvalue weighted by Gasteiger charge is -2.32. The van der Waals surface area contributed by atoms with Gasteiger partial charge in [0, 0.05) is 52.9 Å². The van der Waals surface area contributed by atoms with Gasteiger partial charge in [0.1, 0.15) is 0 Å². The number of piperazine rings is 1. The van der Waals surface area contributed by atoms with Crippen LogP contribution in [-0.4, -0.2) is 87.1 Å². The van der Waals surface area contributed by atoms with E-state index in [2.05, 4.69) is 32.1 Å². The normalized spacial score (nSPS) is 22.5. The second-order valence-electron chi connectivity index (χ2n) is 6.02. The van der Waals surface area contributed by atoms with Crippen molar-refractivity contribution in [3.05, 3.63) is 0 Å². The van der Waals surface area contributed by atoms with Crippen molar-refractivity contribution in [3.63, 3.8) is 0 Å². The molecule has 0 saturated carbocycles. The van der Waals surface area contributed by atoms with E-state index >= 15 is 0 Å². The van der Waals surface area contributed by atoms with Gasteiger partial charge in [-0.3, -0.25) is 4.99 Å². The number of likely N-dealkylation sites (tertiary alicyclic amines) is 1. The summed E-state index contributed by atoms with van der Waals surface area (Å²) in [7, 11) is 4.11. The van der Waals surface area contributed by atoms with Crippen LogP contribution in [0.15, 0.2) is 4.99 Å². The molecule has 0 bridgehead atoms. The SMILES string of the molecule is CN=C(NCCCCN1CCN(C)CC1)N1CCCC1. The van der Waals surface area contributed by atoms with E-state index in [1.54, 1.807) is 0 Å². The minimum atomic E-state index is 1.05. The van der Waals surface area contributed by atoms with Crippen molar-refractivity contribution in [3.8, 4) is 0 Å². The molecule has 0 spiro atoms. The summed E-state index contributed by atoms with van der Waals surface area (Å²) in [5.41, 5.74) is 0. The molecule has 0 aromatic rings. The van der Waals surface area contributed by atoms with Gasteiger partial charge in [0.25, 0.3) is 0 Å². The molecule has 0 amide bonds. The molecule has 0 radical (unpaired) electrons. The Morgan fingerprint density at radius 3 is 2.35 bits per heavy atom. The Hall–Kier alpha value is -0.810. The number of hydrogen-bond donors (Lipinski definition) is 1. The zero-order valence-electron chi connectivity index (χ0n) is 13.3. The van der Waals surface area contributed by atoms with E-state index in [-0.39, 0.29) is 0 Å². The van der Waals surface area contributed by atoms with E-state index < -0.39 is 0 Å². The largest absolute Gasteiger partial charge is 0.356 e. The Morgan fingerprint density at radius 1 is 1.00 bits per heavy atom. The average Bonchev–Trinajstić information content (AvgIpc) is 2.99. The van der Waals surface area contributed by atoms with Crippen LogP contribution in [0, 0.1) is 0 Å². The van der Waals surface area contributed by atoms with Gasteiger partial charge < -0.3 is 20.0 Å². The smallest absolute Gasteiger partial charge is 0.193 e. The molecular weight excluding hydrogens is 250 g/mol. The van der Waals surface area contributed by atoms with Gasteiger partial charge in [-0.05, 0) is 39.3 Å². The molecule has 2 aliphatic heterocycles. The first kappa shape index (κ1) is 15.6. The lowest BCUT2D eigenvalue weighted by Crippen LogP contribution is -2.44. The lowest BCUT2D eigenvalue weighted by molar-refractivity contribution is 0.152. The standard InChI is InChI=1S/C15H31N5/c1-16-15(20-9-5-6-10-20)17-7-3-4-8-19-13-11-18(2)12-14-19/h3-14H2,1-2H3,(H,16,17). The van der Waals surface area contributed by atoms with Crippen molar-refractivity contribution in [1.29, 1.82) is 0 Å². The first-order valence-corrected chi connectivity index (χ1v) is 8.16. The fourth-order valence-electron chi connectivity index (χ4n) is 2.99. The van der Waals surface area contributed by atoms with E-state index in [0.717, 1.165) is 12.5 Å².